The maximum absolute atomic E-state index is 11.7. The molecule has 1 atom stereocenters. The number of carbonyl (C=O) groups is 1. The molecule has 1 aromatic rings. The van der Waals surface area contributed by atoms with Crippen molar-refractivity contribution < 1.29 is 14.6 Å². The van der Waals surface area contributed by atoms with Gasteiger partial charge in [0.15, 0.2) is 0 Å². The molecule has 1 aromatic heterocycles. The lowest BCUT2D eigenvalue weighted by atomic mass is 10.0. The average molecular weight is 243 g/mol. The smallest absolute Gasteiger partial charge is 0.261 e. The van der Waals surface area contributed by atoms with Gasteiger partial charge in [-0.1, -0.05) is 6.92 Å². The lowest BCUT2D eigenvalue weighted by Crippen LogP contribution is -2.39. The van der Waals surface area contributed by atoms with E-state index in [1.165, 1.54) is 11.3 Å². The Kier molecular flexibility index (Phi) is 4.32. The fraction of sp³-hybridized carbons (Fsp3) is 0.545. The van der Waals surface area contributed by atoms with E-state index in [9.17, 15) is 9.90 Å². The lowest BCUT2D eigenvalue weighted by Gasteiger charge is -2.21. The zero-order valence-electron chi connectivity index (χ0n) is 9.74. The van der Waals surface area contributed by atoms with Gasteiger partial charge in [0.25, 0.3) is 5.91 Å². The van der Waals surface area contributed by atoms with Crippen LogP contribution in [0, 0.1) is 0 Å². The number of rotatable bonds is 5. The third-order valence-electron chi connectivity index (χ3n) is 2.43. The van der Waals surface area contributed by atoms with E-state index in [-0.39, 0.29) is 12.5 Å². The van der Waals surface area contributed by atoms with E-state index in [0.29, 0.717) is 17.0 Å². The molecule has 0 radical (unpaired) electrons. The average Bonchev–Trinajstić information content (AvgIpc) is 2.74. The Hall–Kier alpha value is -1.07. The van der Waals surface area contributed by atoms with Crippen LogP contribution in [0.3, 0.4) is 0 Å². The number of amides is 1. The van der Waals surface area contributed by atoms with E-state index in [4.69, 9.17) is 4.74 Å². The van der Waals surface area contributed by atoms with Gasteiger partial charge in [-0.25, -0.2) is 0 Å². The number of aliphatic hydroxyl groups is 1. The van der Waals surface area contributed by atoms with E-state index in [0.717, 1.165) is 0 Å². The van der Waals surface area contributed by atoms with Crippen LogP contribution in [0.25, 0.3) is 0 Å². The number of methoxy groups -OCH3 is 1. The summed E-state index contributed by atoms with van der Waals surface area (Å²) in [5.74, 6) is 0.499. The Labute approximate surface area is 99.2 Å². The molecule has 1 amide bonds. The molecule has 4 nitrogen and oxygen atoms in total. The van der Waals surface area contributed by atoms with Gasteiger partial charge >= 0.3 is 0 Å². The first-order valence-electron chi connectivity index (χ1n) is 5.11. The van der Waals surface area contributed by atoms with Gasteiger partial charge in [0.1, 0.15) is 5.75 Å². The minimum absolute atomic E-state index is 0.179. The van der Waals surface area contributed by atoms with Crippen LogP contribution in [0.2, 0.25) is 0 Å². The second kappa shape index (κ2) is 5.32. The second-order valence-corrected chi connectivity index (χ2v) is 4.80. The third-order valence-corrected chi connectivity index (χ3v) is 3.33. The minimum atomic E-state index is -0.850. The fourth-order valence-electron chi connectivity index (χ4n) is 1.03. The van der Waals surface area contributed by atoms with Crippen LogP contribution < -0.4 is 10.1 Å². The number of carbonyl (C=O) groups excluding carboxylic acids is 1. The van der Waals surface area contributed by atoms with Gasteiger partial charge in [0.05, 0.1) is 17.6 Å². The zero-order chi connectivity index (χ0) is 12.2. The largest absolute Gasteiger partial charge is 0.496 e. The first kappa shape index (κ1) is 13.0. The van der Waals surface area contributed by atoms with Gasteiger partial charge in [-0.05, 0) is 13.3 Å². The molecule has 0 bridgehead atoms. The van der Waals surface area contributed by atoms with Crippen LogP contribution >= 0.6 is 11.3 Å². The van der Waals surface area contributed by atoms with Crippen molar-refractivity contribution in [1.29, 1.82) is 0 Å². The first-order valence-corrected chi connectivity index (χ1v) is 5.99. The molecule has 0 saturated heterocycles. The summed E-state index contributed by atoms with van der Waals surface area (Å²) in [4.78, 5) is 12.3. The van der Waals surface area contributed by atoms with Crippen molar-refractivity contribution in [3.63, 3.8) is 0 Å². The quantitative estimate of drug-likeness (QED) is 0.826. The maximum atomic E-state index is 11.7. The topological polar surface area (TPSA) is 58.6 Å². The number of hydrogen-bond acceptors (Lipinski definition) is 4. The molecule has 16 heavy (non-hydrogen) atoms. The fourth-order valence-corrected chi connectivity index (χ4v) is 1.80. The van der Waals surface area contributed by atoms with E-state index in [2.05, 4.69) is 5.32 Å². The molecule has 0 spiro atoms. The molecular formula is C11H17NO3S. The van der Waals surface area contributed by atoms with Gasteiger partial charge in [0, 0.05) is 18.0 Å². The molecule has 0 aromatic carbocycles. The SMILES string of the molecule is CCC(C)(O)CNC(=O)c1cc(OC)cs1. The van der Waals surface area contributed by atoms with Gasteiger partial charge in [-0.15, -0.1) is 11.3 Å². The molecule has 1 heterocycles. The highest BCUT2D eigenvalue weighted by atomic mass is 32.1. The summed E-state index contributed by atoms with van der Waals surface area (Å²) in [6, 6.07) is 1.68. The maximum Gasteiger partial charge on any atom is 0.261 e. The van der Waals surface area contributed by atoms with Crippen LogP contribution in [-0.4, -0.2) is 30.3 Å². The summed E-state index contributed by atoms with van der Waals surface area (Å²) in [5, 5.41) is 14.2. The predicted molar refractivity (Wildman–Crippen MR) is 64.1 cm³/mol. The van der Waals surface area contributed by atoms with Crippen molar-refractivity contribution in [3.05, 3.63) is 16.3 Å². The molecule has 1 rings (SSSR count). The van der Waals surface area contributed by atoms with Crippen LogP contribution in [0.1, 0.15) is 29.9 Å². The predicted octanol–water partition coefficient (Wildman–Crippen LogP) is 1.65. The standard InChI is InChI=1S/C11H17NO3S/c1-4-11(2,14)7-12-10(13)9-5-8(15-3)6-16-9/h5-6,14H,4,7H2,1-3H3,(H,12,13). The van der Waals surface area contributed by atoms with Gasteiger partial charge in [-0.2, -0.15) is 0 Å². The Morgan fingerprint density at radius 1 is 1.69 bits per heavy atom. The van der Waals surface area contributed by atoms with Crippen molar-refractivity contribution in [2.45, 2.75) is 25.9 Å². The molecule has 0 fully saturated rings. The number of hydrogen-bond donors (Lipinski definition) is 2. The number of thiophene rings is 1. The molecule has 5 heteroatoms. The Morgan fingerprint density at radius 2 is 2.38 bits per heavy atom. The van der Waals surface area contributed by atoms with E-state index in [1.807, 2.05) is 6.92 Å². The summed E-state index contributed by atoms with van der Waals surface area (Å²) >= 11 is 1.32. The normalized spacial score (nSPS) is 14.2. The Bertz CT molecular complexity index is 360. The molecule has 0 aliphatic heterocycles. The van der Waals surface area contributed by atoms with Crippen molar-refractivity contribution in [2.24, 2.45) is 0 Å². The highest BCUT2D eigenvalue weighted by Crippen LogP contribution is 2.21. The van der Waals surface area contributed by atoms with Crippen molar-refractivity contribution >= 4 is 17.2 Å². The summed E-state index contributed by atoms with van der Waals surface area (Å²) in [6.07, 6.45) is 0.598. The summed E-state index contributed by atoms with van der Waals surface area (Å²) in [7, 11) is 1.56. The first-order chi connectivity index (χ1) is 7.48. The molecule has 0 saturated carbocycles. The molecule has 0 aliphatic rings. The van der Waals surface area contributed by atoms with Crippen molar-refractivity contribution in [2.75, 3.05) is 13.7 Å². The molecule has 90 valence electrons. The van der Waals surface area contributed by atoms with Gasteiger partial charge in [-0.3, -0.25) is 4.79 Å². The number of nitrogens with one attached hydrogen (secondary N) is 1. The minimum Gasteiger partial charge on any atom is -0.496 e. The van der Waals surface area contributed by atoms with Crippen LogP contribution in [0.15, 0.2) is 11.4 Å². The molecule has 0 aliphatic carbocycles. The summed E-state index contributed by atoms with van der Waals surface area (Å²) in [5.41, 5.74) is -0.850. The second-order valence-electron chi connectivity index (χ2n) is 3.88. The highest BCUT2D eigenvalue weighted by Gasteiger charge is 2.19. The van der Waals surface area contributed by atoms with Crippen LogP contribution in [-0.2, 0) is 0 Å². The van der Waals surface area contributed by atoms with Crippen LogP contribution in [0.5, 0.6) is 5.75 Å². The lowest BCUT2D eigenvalue weighted by molar-refractivity contribution is 0.0519. The summed E-state index contributed by atoms with van der Waals surface area (Å²) < 4.78 is 4.99. The van der Waals surface area contributed by atoms with Crippen molar-refractivity contribution in [1.82, 2.24) is 5.32 Å². The van der Waals surface area contributed by atoms with Gasteiger partial charge in [0.2, 0.25) is 0 Å². The Balaban J connectivity index is 2.53. The van der Waals surface area contributed by atoms with E-state index >= 15 is 0 Å². The molecule has 1 unspecified atom stereocenters. The Morgan fingerprint density at radius 3 is 2.88 bits per heavy atom. The van der Waals surface area contributed by atoms with E-state index in [1.54, 1.807) is 25.5 Å². The monoisotopic (exact) mass is 243 g/mol. The molecule has 2 N–H and O–H groups in total. The highest BCUT2D eigenvalue weighted by molar-refractivity contribution is 7.12. The number of ether oxygens (including phenoxy) is 1. The van der Waals surface area contributed by atoms with Gasteiger partial charge < -0.3 is 15.2 Å². The van der Waals surface area contributed by atoms with E-state index < -0.39 is 5.60 Å². The van der Waals surface area contributed by atoms with Crippen molar-refractivity contribution in [3.8, 4) is 5.75 Å². The van der Waals surface area contributed by atoms with Crippen LogP contribution in [0.4, 0.5) is 0 Å². The molecular weight excluding hydrogens is 226 g/mol. The summed E-state index contributed by atoms with van der Waals surface area (Å²) in [6.45, 7) is 3.82. The third kappa shape index (κ3) is 3.50. The zero-order valence-corrected chi connectivity index (χ0v) is 10.6.